The Kier molecular flexibility index (Phi) is 4.05. The Bertz CT molecular complexity index is 556. The molecule has 1 heterocycles. The second-order valence-electron chi connectivity index (χ2n) is 5.04. The largest absolute Gasteiger partial charge is 0.292 e. The van der Waals surface area contributed by atoms with E-state index < -0.39 is 0 Å². The van der Waals surface area contributed by atoms with E-state index in [0.29, 0.717) is 18.0 Å². The third-order valence-corrected chi connectivity index (χ3v) is 3.08. The highest BCUT2D eigenvalue weighted by molar-refractivity contribution is 5.95. The number of ketones is 1. The van der Waals surface area contributed by atoms with Crippen LogP contribution in [0, 0.1) is 6.92 Å². The SMILES string of the molecule is Cc1cnc(C(=O)Cc2ccc(C(C)C)cc2)cn1. The summed E-state index contributed by atoms with van der Waals surface area (Å²) in [6.45, 7) is 6.16. The average molecular weight is 254 g/mol. The molecule has 1 aromatic heterocycles. The van der Waals surface area contributed by atoms with E-state index in [1.54, 1.807) is 12.4 Å². The topological polar surface area (TPSA) is 42.9 Å². The van der Waals surface area contributed by atoms with Crippen LogP contribution in [0.5, 0.6) is 0 Å². The van der Waals surface area contributed by atoms with Gasteiger partial charge < -0.3 is 0 Å². The van der Waals surface area contributed by atoms with E-state index in [1.165, 1.54) is 5.56 Å². The maximum atomic E-state index is 12.0. The van der Waals surface area contributed by atoms with Crippen LogP contribution < -0.4 is 0 Å². The Labute approximate surface area is 113 Å². The van der Waals surface area contributed by atoms with E-state index in [9.17, 15) is 4.79 Å². The van der Waals surface area contributed by atoms with Crippen molar-refractivity contribution in [1.82, 2.24) is 9.97 Å². The summed E-state index contributed by atoms with van der Waals surface area (Å²) < 4.78 is 0. The molecule has 0 spiro atoms. The van der Waals surface area contributed by atoms with Crippen LogP contribution in [0.4, 0.5) is 0 Å². The number of hydrogen-bond donors (Lipinski definition) is 0. The van der Waals surface area contributed by atoms with Gasteiger partial charge in [0.2, 0.25) is 0 Å². The Balaban J connectivity index is 2.08. The molecule has 0 saturated heterocycles. The van der Waals surface area contributed by atoms with E-state index in [1.807, 2.05) is 19.1 Å². The van der Waals surface area contributed by atoms with E-state index in [2.05, 4.69) is 35.9 Å². The van der Waals surface area contributed by atoms with Crippen molar-refractivity contribution < 1.29 is 4.79 Å². The molecule has 0 atom stereocenters. The molecule has 2 aromatic rings. The van der Waals surface area contributed by atoms with Gasteiger partial charge in [0, 0.05) is 12.6 Å². The summed E-state index contributed by atoms with van der Waals surface area (Å²) in [6.07, 6.45) is 3.53. The molecule has 0 bridgehead atoms. The zero-order valence-electron chi connectivity index (χ0n) is 11.6. The number of hydrogen-bond acceptors (Lipinski definition) is 3. The molecule has 98 valence electrons. The predicted molar refractivity (Wildman–Crippen MR) is 75.3 cm³/mol. The molecule has 19 heavy (non-hydrogen) atoms. The second kappa shape index (κ2) is 5.74. The van der Waals surface area contributed by atoms with Crippen molar-refractivity contribution in [2.75, 3.05) is 0 Å². The van der Waals surface area contributed by atoms with Gasteiger partial charge in [0.05, 0.1) is 11.9 Å². The third-order valence-electron chi connectivity index (χ3n) is 3.08. The van der Waals surface area contributed by atoms with Crippen LogP contribution >= 0.6 is 0 Å². The standard InChI is InChI=1S/C16H18N2O/c1-11(2)14-6-4-13(5-7-14)8-16(19)15-10-17-12(3)9-18-15/h4-7,9-11H,8H2,1-3H3. The number of carbonyl (C=O) groups is 1. The van der Waals surface area contributed by atoms with Crippen molar-refractivity contribution in [2.24, 2.45) is 0 Å². The van der Waals surface area contributed by atoms with Gasteiger partial charge in [0.1, 0.15) is 5.69 Å². The number of rotatable bonds is 4. The first kappa shape index (κ1) is 13.4. The molecule has 0 aliphatic heterocycles. The summed E-state index contributed by atoms with van der Waals surface area (Å²) in [5, 5.41) is 0. The summed E-state index contributed by atoms with van der Waals surface area (Å²) in [5.74, 6) is 0.512. The zero-order chi connectivity index (χ0) is 13.8. The molecule has 0 aliphatic rings. The Morgan fingerprint density at radius 2 is 1.79 bits per heavy atom. The van der Waals surface area contributed by atoms with Crippen molar-refractivity contribution in [1.29, 1.82) is 0 Å². The van der Waals surface area contributed by atoms with Crippen LogP contribution in [-0.4, -0.2) is 15.8 Å². The number of aryl methyl sites for hydroxylation is 1. The molecule has 0 aliphatic carbocycles. The molecule has 3 nitrogen and oxygen atoms in total. The van der Waals surface area contributed by atoms with Gasteiger partial charge in [-0.05, 0) is 24.0 Å². The van der Waals surface area contributed by atoms with Crippen molar-refractivity contribution in [3.8, 4) is 0 Å². The monoisotopic (exact) mass is 254 g/mol. The van der Waals surface area contributed by atoms with Crippen LogP contribution in [-0.2, 0) is 6.42 Å². The number of nitrogens with zero attached hydrogens (tertiary/aromatic N) is 2. The number of Topliss-reactive ketones (excluding diaryl/α,β-unsaturated/α-hetero) is 1. The van der Waals surface area contributed by atoms with Crippen LogP contribution in [0.3, 0.4) is 0 Å². The lowest BCUT2D eigenvalue weighted by Gasteiger charge is -2.06. The number of benzene rings is 1. The molecular weight excluding hydrogens is 236 g/mol. The van der Waals surface area contributed by atoms with Crippen molar-refractivity contribution >= 4 is 5.78 Å². The van der Waals surface area contributed by atoms with Crippen LogP contribution in [0.1, 0.15) is 47.1 Å². The van der Waals surface area contributed by atoms with Gasteiger partial charge in [-0.3, -0.25) is 9.78 Å². The third kappa shape index (κ3) is 3.47. The average Bonchev–Trinajstić information content (AvgIpc) is 2.40. The van der Waals surface area contributed by atoms with E-state index >= 15 is 0 Å². The lowest BCUT2D eigenvalue weighted by Crippen LogP contribution is -2.07. The maximum absolute atomic E-state index is 12.0. The minimum Gasteiger partial charge on any atom is -0.292 e. The van der Waals surface area contributed by atoms with Crippen molar-refractivity contribution in [2.45, 2.75) is 33.1 Å². The smallest absolute Gasteiger partial charge is 0.187 e. The summed E-state index contributed by atoms with van der Waals surface area (Å²) >= 11 is 0. The van der Waals surface area contributed by atoms with Gasteiger partial charge in [0.25, 0.3) is 0 Å². The van der Waals surface area contributed by atoms with Crippen molar-refractivity contribution in [3.05, 3.63) is 59.2 Å². The normalized spacial score (nSPS) is 10.7. The summed E-state index contributed by atoms with van der Waals surface area (Å²) in [6, 6.07) is 8.17. The Morgan fingerprint density at radius 3 is 2.32 bits per heavy atom. The maximum Gasteiger partial charge on any atom is 0.187 e. The molecular formula is C16H18N2O. The van der Waals surface area contributed by atoms with Crippen LogP contribution in [0.2, 0.25) is 0 Å². The lowest BCUT2D eigenvalue weighted by atomic mass is 9.99. The highest BCUT2D eigenvalue weighted by Gasteiger charge is 2.09. The Hall–Kier alpha value is -2.03. The molecule has 0 unspecified atom stereocenters. The fourth-order valence-corrected chi connectivity index (χ4v) is 1.83. The first-order valence-corrected chi connectivity index (χ1v) is 6.47. The van der Waals surface area contributed by atoms with Gasteiger partial charge in [-0.2, -0.15) is 0 Å². The number of carbonyl (C=O) groups excluding carboxylic acids is 1. The lowest BCUT2D eigenvalue weighted by molar-refractivity contribution is 0.0988. The second-order valence-corrected chi connectivity index (χ2v) is 5.04. The molecule has 0 amide bonds. The highest BCUT2D eigenvalue weighted by atomic mass is 16.1. The summed E-state index contributed by atoms with van der Waals surface area (Å²) in [5.41, 5.74) is 3.54. The van der Waals surface area contributed by atoms with Gasteiger partial charge >= 0.3 is 0 Å². The minimum absolute atomic E-state index is 0.00444. The van der Waals surface area contributed by atoms with Gasteiger partial charge in [-0.1, -0.05) is 38.1 Å². The minimum atomic E-state index is 0.00444. The molecule has 0 fully saturated rings. The van der Waals surface area contributed by atoms with Gasteiger partial charge in [-0.25, -0.2) is 4.98 Å². The molecule has 0 saturated carbocycles. The molecule has 1 aromatic carbocycles. The Morgan fingerprint density at radius 1 is 1.11 bits per heavy atom. The van der Waals surface area contributed by atoms with Gasteiger partial charge in [-0.15, -0.1) is 0 Å². The van der Waals surface area contributed by atoms with Crippen LogP contribution in [0.15, 0.2) is 36.7 Å². The fourth-order valence-electron chi connectivity index (χ4n) is 1.83. The quantitative estimate of drug-likeness (QED) is 0.786. The van der Waals surface area contributed by atoms with Gasteiger partial charge in [0.15, 0.2) is 5.78 Å². The zero-order valence-corrected chi connectivity index (χ0v) is 11.6. The van der Waals surface area contributed by atoms with E-state index in [4.69, 9.17) is 0 Å². The molecule has 2 rings (SSSR count). The predicted octanol–water partition coefficient (Wildman–Crippen LogP) is 3.33. The molecule has 0 radical (unpaired) electrons. The van der Waals surface area contributed by atoms with E-state index in [0.717, 1.165) is 11.3 Å². The highest BCUT2D eigenvalue weighted by Crippen LogP contribution is 2.15. The first-order chi connectivity index (χ1) is 9.06. The first-order valence-electron chi connectivity index (χ1n) is 6.47. The molecule has 0 N–H and O–H groups in total. The summed E-state index contributed by atoms with van der Waals surface area (Å²) in [4.78, 5) is 20.2. The molecule has 3 heteroatoms. The fraction of sp³-hybridized carbons (Fsp3) is 0.312. The van der Waals surface area contributed by atoms with E-state index in [-0.39, 0.29) is 5.78 Å². The van der Waals surface area contributed by atoms with Crippen molar-refractivity contribution in [3.63, 3.8) is 0 Å². The number of aromatic nitrogens is 2. The summed E-state index contributed by atoms with van der Waals surface area (Å²) in [7, 11) is 0. The van der Waals surface area contributed by atoms with Crippen LogP contribution in [0.25, 0.3) is 0 Å².